The van der Waals surface area contributed by atoms with Gasteiger partial charge in [0.05, 0.1) is 11.8 Å². The molecule has 0 saturated heterocycles. The number of aryl methyl sites for hydroxylation is 3. The molecule has 0 aliphatic carbocycles. The number of hydrogen-bond donors (Lipinski definition) is 0. The maximum atomic E-state index is 6.49. The minimum atomic E-state index is -1.59. The molecule has 0 amide bonds. The number of furan rings is 1. The molecular weight excluding hydrogens is 759 g/mol. The van der Waals surface area contributed by atoms with Gasteiger partial charge in [0, 0.05) is 58.8 Å². The van der Waals surface area contributed by atoms with Crippen molar-refractivity contribution in [1.29, 1.82) is 0 Å². The Hall–Kier alpha value is -3.96. The monoisotopic (exact) mass is 799 g/mol. The average molecular weight is 799 g/mol. The normalized spacial score (nSPS) is 13.0. The van der Waals surface area contributed by atoms with Gasteiger partial charge >= 0.3 is 0 Å². The van der Waals surface area contributed by atoms with E-state index in [0.29, 0.717) is 0 Å². The van der Waals surface area contributed by atoms with Gasteiger partial charge in [-0.3, -0.25) is 4.98 Å². The van der Waals surface area contributed by atoms with Crippen molar-refractivity contribution in [3.8, 4) is 22.5 Å². The number of pyridine rings is 2. The Morgan fingerprint density at radius 2 is 1.57 bits per heavy atom. The molecule has 1 aliphatic heterocycles. The van der Waals surface area contributed by atoms with Crippen molar-refractivity contribution in [2.75, 3.05) is 6.54 Å². The van der Waals surface area contributed by atoms with E-state index in [2.05, 4.69) is 124 Å². The molecule has 235 valence electrons. The Balaban J connectivity index is 0.000000234. The smallest absolute Gasteiger partial charge is 0.222 e. The van der Waals surface area contributed by atoms with Crippen LogP contribution in [0.1, 0.15) is 30.5 Å². The molecule has 0 atom stereocenters. The fourth-order valence-electron chi connectivity index (χ4n) is 5.93. The number of allylic oxidation sites excluding steroid dienone is 1. The van der Waals surface area contributed by atoms with Crippen molar-refractivity contribution in [3.63, 3.8) is 0 Å². The molecule has 0 N–H and O–H groups in total. The van der Waals surface area contributed by atoms with Gasteiger partial charge in [0.25, 0.3) is 0 Å². The standard InChI is InChI=1S/C27H28N2OSi.C13H12N.Ir/c1-17-14-19(3)29(16-17)20-10-12-23(28-15-20)21-11-13-24(31(4,5)6)25-22-9-7-8-18(2)26(22)30-27(21)25;1-10-8-13(14-9-11(10)2)12-6-4-3-5-7-12;/h7-10,12-15H,16H2,1-6H3;3-6,8-9H,1-2H3;/q;-1;. The van der Waals surface area contributed by atoms with E-state index in [-0.39, 0.29) is 20.1 Å². The molecule has 4 nitrogen and oxygen atoms in total. The third kappa shape index (κ3) is 6.61. The molecule has 3 aromatic heterocycles. The zero-order valence-corrected chi connectivity index (χ0v) is 31.3. The fraction of sp³-hybridized carbons (Fsp3) is 0.225. The van der Waals surface area contributed by atoms with Gasteiger partial charge in [-0.05, 0) is 55.8 Å². The van der Waals surface area contributed by atoms with E-state index in [1.807, 2.05) is 36.7 Å². The maximum absolute atomic E-state index is 6.49. The van der Waals surface area contributed by atoms with E-state index >= 15 is 0 Å². The summed E-state index contributed by atoms with van der Waals surface area (Å²) in [5.41, 5.74) is 13.2. The van der Waals surface area contributed by atoms with Crippen LogP contribution in [0.15, 0.2) is 95.2 Å². The Morgan fingerprint density at radius 1 is 0.783 bits per heavy atom. The molecule has 1 radical (unpaired) electrons. The van der Waals surface area contributed by atoms with E-state index in [9.17, 15) is 0 Å². The molecule has 0 bridgehead atoms. The minimum Gasteiger partial charge on any atom is -0.500 e. The second-order valence-electron chi connectivity index (χ2n) is 13.1. The Labute approximate surface area is 287 Å². The van der Waals surface area contributed by atoms with Crippen molar-refractivity contribution in [3.05, 3.63) is 120 Å². The first-order valence-electron chi connectivity index (χ1n) is 15.5. The van der Waals surface area contributed by atoms with Crippen LogP contribution in [-0.4, -0.2) is 34.9 Å². The molecule has 6 heteroatoms. The van der Waals surface area contributed by atoms with Crippen LogP contribution < -0.4 is 5.19 Å². The summed E-state index contributed by atoms with van der Waals surface area (Å²) in [5, 5.41) is 3.82. The number of nitrogens with zero attached hydrogens (tertiary/aromatic N) is 3. The van der Waals surface area contributed by atoms with E-state index in [4.69, 9.17) is 9.40 Å². The van der Waals surface area contributed by atoms with Crippen molar-refractivity contribution in [2.24, 2.45) is 0 Å². The van der Waals surface area contributed by atoms with Gasteiger partial charge in [0.1, 0.15) is 5.58 Å². The van der Waals surface area contributed by atoms with Crippen LogP contribution in [0.4, 0.5) is 5.69 Å². The van der Waals surface area contributed by atoms with E-state index in [1.165, 1.54) is 38.4 Å². The summed E-state index contributed by atoms with van der Waals surface area (Å²) >= 11 is 0. The summed E-state index contributed by atoms with van der Waals surface area (Å²) in [5.74, 6) is 0. The first-order valence-corrected chi connectivity index (χ1v) is 19.0. The van der Waals surface area contributed by atoms with Crippen molar-refractivity contribution >= 4 is 46.6 Å². The molecule has 3 aromatic carbocycles. The van der Waals surface area contributed by atoms with Crippen LogP contribution >= 0.6 is 0 Å². The minimum absolute atomic E-state index is 0. The van der Waals surface area contributed by atoms with Crippen LogP contribution in [0.5, 0.6) is 0 Å². The van der Waals surface area contributed by atoms with Crippen LogP contribution in [0, 0.1) is 32.9 Å². The van der Waals surface area contributed by atoms with Crippen molar-refractivity contribution in [2.45, 2.75) is 54.3 Å². The molecular formula is C40H40IrN3OSi-. The molecule has 0 unspecified atom stereocenters. The number of fused-ring (bicyclic) bond motifs is 3. The first kappa shape index (κ1) is 33.4. The molecule has 0 fully saturated rings. The molecule has 6 aromatic rings. The van der Waals surface area contributed by atoms with Gasteiger partial charge in [0.2, 0.25) is 5.69 Å². The summed E-state index contributed by atoms with van der Waals surface area (Å²) in [4.78, 5) is 9.21. The third-order valence-corrected chi connectivity index (χ3v) is 10.5. The molecule has 46 heavy (non-hydrogen) atoms. The maximum Gasteiger partial charge on any atom is 0.222 e. The zero-order valence-electron chi connectivity index (χ0n) is 27.9. The zero-order chi connectivity index (χ0) is 31.9. The Morgan fingerprint density at radius 3 is 2.20 bits per heavy atom. The van der Waals surface area contributed by atoms with Crippen molar-refractivity contribution in [1.82, 2.24) is 9.97 Å². The fourth-order valence-corrected chi connectivity index (χ4v) is 7.44. The third-order valence-electron chi connectivity index (χ3n) is 8.54. The van der Waals surface area contributed by atoms with Crippen LogP contribution in [0.2, 0.25) is 19.6 Å². The predicted molar refractivity (Wildman–Crippen MR) is 191 cm³/mol. The van der Waals surface area contributed by atoms with Crippen LogP contribution in [0.25, 0.3) is 44.5 Å². The number of benzene rings is 3. The number of aromatic nitrogens is 2. The number of rotatable bonds is 4. The van der Waals surface area contributed by atoms with E-state index in [1.54, 1.807) is 0 Å². The van der Waals surface area contributed by atoms with Gasteiger partial charge in [-0.2, -0.15) is 4.58 Å². The summed E-state index contributed by atoms with van der Waals surface area (Å²) in [6.07, 6.45) is 6.11. The van der Waals surface area contributed by atoms with Crippen LogP contribution in [-0.2, 0) is 20.1 Å². The summed E-state index contributed by atoms with van der Waals surface area (Å²) in [6.45, 7) is 18.7. The largest absolute Gasteiger partial charge is 0.500 e. The second kappa shape index (κ2) is 13.4. The summed E-state index contributed by atoms with van der Waals surface area (Å²) in [7, 11) is -1.59. The molecule has 7 rings (SSSR count). The van der Waals surface area contributed by atoms with E-state index < -0.39 is 8.07 Å². The Kier molecular flexibility index (Phi) is 9.74. The molecule has 4 heterocycles. The van der Waals surface area contributed by atoms with Crippen LogP contribution in [0.3, 0.4) is 0 Å². The topological polar surface area (TPSA) is 41.9 Å². The average Bonchev–Trinajstić information content (AvgIpc) is 3.58. The summed E-state index contributed by atoms with van der Waals surface area (Å²) in [6, 6.07) is 29.5. The second-order valence-corrected chi connectivity index (χ2v) is 18.2. The van der Waals surface area contributed by atoms with E-state index in [0.717, 1.165) is 51.5 Å². The predicted octanol–water partition coefficient (Wildman–Crippen LogP) is 9.53. The molecule has 0 spiro atoms. The van der Waals surface area contributed by atoms with Gasteiger partial charge < -0.3 is 9.40 Å². The van der Waals surface area contributed by atoms with Gasteiger partial charge in [-0.15, -0.1) is 53.2 Å². The van der Waals surface area contributed by atoms with Gasteiger partial charge in [0.15, 0.2) is 12.3 Å². The van der Waals surface area contributed by atoms with Gasteiger partial charge in [-0.25, -0.2) is 0 Å². The quantitative estimate of drug-likeness (QED) is 0.101. The van der Waals surface area contributed by atoms with Gasteiger partial charge in [-0.1, -0.05) is 66.5 Å². The van der Waals surface area contributed by atoms with Crippen molar-refractivity contribution < 1.29 is 29.1 Å². The number of para-hydroxylation sites is 1. The Bertz CT molecular complexity index is 2100. The first-order chi connectivity index (χ1) is 21.5. The SMILES string of the molecule is CC1=CC(C)=[N+](c2ccc(-c3[c-]cc([Si](C)(C)C)c4c3oc3c(C)cccc34)nc2)C1.Cc1cnc(-c2[c-]cccc2)cc1C.[Ir]. The molecule has 0 saturated carbocycles. The molecule has 1 aliphatic rings. The summed E-state index contributed by atoms with van der Waals surface area (Å²) < 4.78 is 8.79. The number of hydrogen-bond acceptors (Lipinski definition) is 3.